The highest BCUT2D eigenvalue weighted by atomic mass is 35.5. The van der Waals surface area contributed by atoms with Crippen molar-refractivity contribution in [1.29, 1.82) is 0 Å². The summed E-state index contributed by atoms with van der Waals surface area (Å²) < 4.78 is 33.5. The van der Waals surface area contributed by atoms with Crippen LogP contribution in [0.1, 0.15) is 18.0 Å². The molecule has 2 aromatic carbocycles. The van der Waals surface area contributed by atoms with E-state index in [9.17, 15) is 13.6 Å². The standard InChI is InChI=1S/C23H25ClF2N4O2/c1-2-29(11-8-27)10-3-9-28-15-21-22(16-12-18(25)14-19(26)13-16)30(23(31)32-21)20-6-4-17(24)5-7-20/h2,4-8,11-14,21-22,28H,1,3,9-10,15,27H2/b11-8-/t21-,22-/m0/s1. The summed E-state index contributed by atoms with van der Waals surface area (Å²) in [5.74, 6) is -1.45. The molecule has 0 unspecified atom stereocenters. The second-order valence-corrected chi connectivity index (χ2v) is 7.67. The summed E-state index contributed by atoms with van der Waals surface area (Å²) in [5, 5.41) is 3.76. The van der Waals surface area contributed by atoms with Crippen LogP contribution in [0.25, 0.3) is 0 Å². The monoisotopic (exact) mass is 462 g/mol. The van der Waals surface area contributed by atoms with Gasteiger partial charge in [0.1, 0.15) is 23.8 Å². The Kier molecular flexibility index (Phi) is 8.08. The van der Waals surface area contributed by atoms with Crippen LogP contribution in [0, 0.1) is 11.6 Å². The van der Waals surface area contributed by atoms with Gasteiger partial charge in [-0.3, -0.25) is 4.90 Å². The second-order valence-electron chi connectivity index (χ2n) is 7.24. The lowest BCUT2D eigenvalue weighted by atomic mass is 9.99. The number of benzene rings is 2. The van der Waals surface area contributed by atoms with Gasteiger partial charge in [0.25, 0.3) is 0 Å². The molecule has 2 aromatic rings. The van der Waals surface area contributed by atoms with Crippen molar-refractivity contribution >= 4 is 23.4 Å². The number of halogens is 3. The number of cyclic esters (lactones) is 1. The highest BCUT2D eigenvalue weighted by Crippen LogP contribution is 2.38. The van der Waals surface area contributed by atoms with Gasteiger partial charge >= 0.3 is 6.09 Å². The highest BCUT2D eigenvalue weighted by molar-refractivity contribution is 6.30. The third-order valence-corrected chi connectivity index (χ3v) is 5.29. The summed E-state index contributed by atoms with van der Waals surface area (Å²) in [4.78, 5) is 16.0. The predicted octanol–water partition coefficient (Wildman–Crippen LogP) is 4.54. The van der Waals surface area contributed by atoms with E-state index < -0.39 is 29.9 Å². The van der Waals surface area contributed by atoms with E-state index in [0.717, 1.165) is 12.5 Å². The first-order valence-electron chi connectivity index (χ1n) is 10.1. The molecule has 1 aliphatic heterocycles. The zero-order valence-electron chi connectivity index (χ0n) is 17.4. The van der Waals surface area contributed by atoms with E-state index >= 15 is 0 Å². The Morgan fingerprint density at radius 1 is 1.22 bits per heavy atom. The fraction of sp³-hybridized carbons (Fsp3) is 0.261. The first kappa shape index (κ1) is 23.6. The van der Waals surface area contributed by atoms with Crippen LogP contribution in [-0.2, 0) is 4.74 Å². The maximum atomic E-state index is 14.0. The van der Waals surface area contributed by atoms with E-state index in [-0.39, 0.29) is 0 Å². The van der Waals surface area contributed by atoms with Crippen LogP contribution in [0.15, 0.2) is 67.6 Å². The molecule has 0 radical (unpaired) electrons. The minimum absolute atomic E-state index is 0.305. The molecule has 9 heteroatoms. The van der Waals surface area contributed by atoms with Crippen molar-refractivity contribution in [3.05, 3.63) is 89.9 Å². The first-order chi connectivity index (χ1) is 15.4. The van der Waals surface area contributed by atoms with Gasteiger partial charge in [0, 0.05) is 42.3 Å². The predicted molar refractivity (Wildman–Crippen MR) is 121 cm³/mol. The Morgan fingerprint density at radius 3 is 2.53 bits per heavy atom. The van der Waals surface area contributed by atoms with Crippen LogP contribution in [0.4, 0.5) is 19.3 Å². The third kappa shape index (κ3) is 5.77. The molecule has 32 heavy (non-hydrogen) atoms. The van der Waals surface area contributed by atoms with E-state index in [4.69, 9.17) is 22.1 Å². The summed E-state index contributed by atoms with van der Waals surface area (Å²) in [6.45, 7) is 5.35. The molecular weight excluding hydrogens is 438 g/mol. The fourth-order valence-corrected chi connectivity index (χ4v) is 3.76. The van der Waals surface area contributed by atoms with Crippen LogP contribution < -0.4 is 16.0 Å². The van der Waals surface area contributed by atoms with Crippen LogP contribution in [0.3, 0.4) is 0 Å². The molecule has 1 fully saturated rings. The minimum atomic E-state index is -0.723. The van der Waals surface area contributed by atoms with Gasteiger partial charge in [-0.1, -0.05) is 18.2 Å². The van der Waals surface area contributed by atoms with Crippen molar-refractivity contribution in [3.8, 4) is 0 Å². The number of nitrogens with one attached hydrogen (secondary N) is 1. The average Bonchev–Trinajstić information content (AvgIpc) is 3.08. The number of nitrogens with two attached hydrogens (primary N) is 1. The number of nitrogens with zero attached hydrogens (tertiary/aromatic N) is 2. The molecule has 1 aliphatic rings. The molecule has 3 rings (SSSR count). The quantitative estimate of drug-likeness (QED) is 0.507. The Balaban J connectivity index is 1.76. The van der Waals surface area contributed by atoms with Gasteiger partial charge < -0.3 is 20.7 Å². The largest absolute Gasteiger partial charge is 0.442 e. The zero-order chi connectivity index (χ0) is 23.1. The van der Waals surface area contributed by atoms with Crippen molar-refractivity contribution in [2.45, 2.75) is 18.6 Å². The number of rotatable bonds is 10. The van der Waals surface area contributed by atoms with Gasteiger partial charge in [0.05, 0.1) is 0 Å². The van der Waals surface area contributed by atoms with Crippen LogP contribution >= 0.6 is 11.6 Å². The molecule has 0 aliphatic carbocycles. The van der Waals surface area contributed by atoms with Gasteiger partial charge in [-0.2, -0.15) is 0 Å². The Morgan fingerprint density at radius 2 is 1.91 bits per heavy atom. The van der Waals surface area contributed by atoms with Crippen LogP contribution in [0.5, 0.6) is 0 Å². The molecule has 3 N–H and O–H groups in total. The summed E-state index contributed by atoms with van der Waals surface area (Å²) >= 11 is 5.96. The number of hydrogen-bond donors (Lipinski definition) is 2. The minimum Gasteiger partial charge on any atom is -0.442 e. The number of hydrogen-bond acceptors (Lipinski definition) is 5. The third-order valence-electron chi connectivity index (χ3n) is 5.04. The van der Waals surface area contributed by atoms with Crippen LogP contribution in [0.2, 0.25) is 5.02 Å². The summed E-state index contributed by atoms with van der Waals surface area (Å²) in [6.07, 6.45) is 4.34. The van der Waals surface area contributed by atoms with Gasteiger partial charge in [-0.05, 0) is 61.1 Å². The molecular formula is C23H25ClF2N4O2. The smallest absolute Gasteiger partial charge is 0.415 e. The summed E-state index contributed by atoms with van der Waals surface area (Å²) in [7, 11) is 0. The van der Waals surface area contributed by atoms with Crippen molar-refractivity contribution < 1.29 is 18.3 Å². The van der Waals surface area contributed by atoms with Crippen molar-refractivity contribution in [2.24, 2.45) is 5.73 Å². The number of carbonyl (C=O) groups is 1. The number of amides is 1. The Labute approximate surface area is 190 Å². The summed E-state index contributed by atoms with van der Waals surface area (Å²) in [5.41, 5.74) is 6.22. The molecule has 1 amide bonds. The van der Waals surface area contributed by atoms with E-state index in [1.807, 2.05) is 4.90 Å². The van der Waals surface area contributed by atoms with Crippen LogP contribution in [-0.4, -0.2) is 36.7 Å². The number of carbonyl (C=O) groups excluding carboxylic acids is 1. The molecule has 0 bridgehead atoms. The normalized spacial score (nSPS) is 18.2. The maximum absolute atomic E-state index is 14.0. The van der Waals surface area contributed by atoms with E-state index in [1.54, 1.807) is 36.7 Å². The molecule has 0 saturated carbocycles. The van der Waals surface area contributed by atoms with Crippen molar-refractivity contribution in [2.75, 3.05) is 24.5 Å². The Bertz CT molecular complexity index is 951. The summed E-state index contributed by atoms with van der Waals surface area (Å²) in [6, 6.07) is 9.11. The SMILES string of the molecule is C=CN(/C=C\N)CCCNC[C@@H]1OC(=O)N(c2ccc(Cl)cc2)[C@H]1c1cc(F)cc(F)c1. The first-order valence-corrected chi connectivity index (χ1v) is 10.5. The van der Waals surface area contributed by atoms with Gasteiger partial charge in [-0.15, -0.1) is 0 Å². The molecule has 0 spiro atoms. The van der Waals surface area contributed by atoms with Crippen molar-refractivity contribution in [1.82, 2.24) is 10.2 Å². The molecule has 6 nitrogen and oxygen atoms in total. The van der Waals surface area contributed by atoms with E-state index in [1.165, 1.54) is 23.2 Å². The fourth-order valence-electron chi connectivity index (χ4n) is 3.63. The lowest BCUT2D eigenvalue weighted by Gasteiger charge is -2.25. The van der Waals surface area contributed by atoms with E-state index in [2.05, 4.69) is 11.9 Å². The van der Waals surface area contributed by atoms with Crippen molar-refractivity contribution in [3.63, 3.8) is 0 Å². The topological polar surface area (TPSA) is 70.8 Å². The second kappa shape index (κ2) is 11.0. The van der Waals surface area contributed by atoms with E-state index in [0.29, 0.717) is 35.9 Å². The van der Waals surface area contributed by atoms with Gasteiger partial charge in [0.15, 0.2) is 0 Å². The van der Waals surface area contributed by atoms with Gasteiger partial charge in [-0.25, -0.2) is 13.6 Å². The molecule has 170 valence electrons. The van der Waals surface area contributed by atoms with Gasteiger partial charge in [0.2, 0.25) is 0 Å². The maximum Gasteiger partial charge on any atom is 0.415 e. The zero-order valence-corrected chi connectivity index (χ0v) is 18.1. The molecule has 2 atom stereocenters. The average molecular weight is 463 g/mol. The lowest BCUT2D eigenvalue weighted by molar-refractivity contribution is 0.130. The lowest BCUT2D eigenvalue weighted by Crippen LogP contribution is -2.35. The molecule has 1 saturated heterocycles. The number of ether oxygens (including phenoxy) is 1. The number of anilines is 1. The molecule has 0 aromatic heterocycles. The molecule has 1 heterocycles. The Hall–Kier alpha value is -3.10. The highest BCUT2D eigenvalue weighted by Gasteiger charge is 2.43.